The van der Waals surface area contributed by atoms with Crippen molar-refractivity contribution in [2.24, 2.45) is 4.99 Å². The fourth-order valence-corrected chi connectivity index (χ4v) is 2.75. The van der Waals surface area contributed by atoms with Gasteiger partial charge >= 0.3 is 0 Å². The van der Waals surface area contributed by atoms with Gasteiger partial charge in [-0.1, -0.05) is 36.4 Å². The second-order valence-electron chi connectivity index (χ2n) is 5.51. The average molecular weight is 301 g/mol. The molecule has 0 unspecified atom stereocenters. The van der Waals surface area contributed by atoms with Gasteiger partial charge in [0.05, 0.1) is 22.3 Å². The second kappa shape index (κ2) is 5.25. The summed E-state index contributed by atoms with van der Waals surface area (Å²) >= 11 is 0. The van der Waals surface area contributed by atoms with E-state index in [1.165, 1.54) is 0 Å². The molecule has 4 rings (SSSR count). The van der Waals surface area contributed by atoms with Crippen molar-refractivity contribution in [3.8, 4) is 5.69 Å². The second-order valence-corrected chi connectivity index (χ2v) is 5.51. The highest BCUT2D eigenvalue weighted by atomic mass is 16.1. The van der Waals surface area contributed by atoms with Crippen molar-refractivity contribution >= 4 is 12.2 Å². The monoisotopic (exact) mass is 301 g/mol. The minimum atomic E-state index is -0.0687. The minimum absolute atomic E-state index is 0.0687. The topological polar surface area (TPSA) is 50.1 Å². The highest BCUT2D eigenvalue weighted by molar-refractivity contribution is 5.66. The molecule has 3 aromatic rings. The first-order valence-electron chi connectivity index (χ1n) is 7.46. The first-order chi connectivity index (χ1) is 11.2. The van der Waals surface area contributed by atoms with Gasteiger partial charge in [-0.25, -0.2) is 9.67 Å². The predicted octanol–water partition coefficient (Wildman–Crippen LogP) is 1.93. The van der Waals surface area contributed by atoms with E-state index in [1.807, 2.05) is 73.7 Å². The molecule has 4 heteroatoms. The fraction of sp³-hybridized carbons (Fsp3) is 0.0526. The quantitative estimate of drug-likeness (QED) is 0.772. The molecule has 0 saturated carbocycles. The van der Waals surface area contributed by atoms with Gasteiger partial charge in [-0.15, -0.1) is 0 Å². The zero-order valence-electron chi connectivity index (χ0n) is 12.7. The van der Waals surface area contributed by atoms with E-state index in [1.54, 1.807) is 4.68 Å². The van der Waals surface area contributed by atoms with Gasteiger partial charge in [0.15, 0.2) is 0 Å². The summed E-state index contributed by atoms with van der Waals surface area (Å²) in [5.74, 6) is 0. The van der Waals surface area contributed by atoms with Gasteiger partial charge in [-0.2, -0.15) is 0 Å². The third-order valence-electron chi connectivity index (χ3n) is 3.91. The van der Waals surface area contributed by atoms with Crippen molar-refractivity contribution in [3.05, 3.63) is 92.5 Å². The number of hydrogen-bond donors (Lipinski definition) is 1. The maximum Gasteiger partial charge on any atom is 0.278 e. The Balaban J connectivity index is 1.83. The number of aromatic amines is 1. The van der Waals surface area contributed by atoms with E-state index in [2.05, 4.69) is 10.1 Å². The number of nitrogens with zero attached hydrogens (tertiary/aromatic N) is 2. The highest BCUT2D eigenvalue weighted by Gasteiger charge is 2.11. The summed E-state index contributed by atoms with van der Waals surface area (Å²) in [5, 5.41) is 5.15. The van der Waals surface area contributed by atoms with Crippen molar-refractivity contribution in [3.63, 3.8) is 0 Å². The number of aryl methyl sites for hydroxylation is 1. The van der Waals surface area contributed by atoms with Crippen LogP contribution in [0.5, 0.6) is 0 Å². The molecular formula is C19H15N3O. The molecule has 1 N–H and O–H groups in total. The molecule has 0 fully saturated rings. The third-order valence-corrected chi connectivity index (χ3v) is 3.91. The number of para-hydroxylation sites is 2. The Labute approximate surface area is 132 Å². The molecule has 0 atom stereocenters. The Kier molecular flexibility index (Phi) is 3.08. The van der Waals surface area contributed by atoms with Crippen LogP contribution < -0.4 is 16.1 Å². The van der Waals surface area contributed by atoms with Crippen LogP contribution in [-0.4, -0.2) is 9.78 Å². The Morgan fingerprint density at radius 1 is 1.04 bits per heavy atom. The minimum Gasteiger partial charge on any atom is -0.295 e. The van der Waals surface area contributed by atoms with E-state index in [-0.39, 0.29) is 5.56 Å². The molecule has 1 aliphatic rings. The van der Waals surface area contributed by atoms with Crippen LogP contribution in [0.15, 0.2) is 70.1 Å². The normalized spacial score (nSPS) is 14.4. The number of aromatic nitrogens is 2. The lowest BCUT2D eigenvalue weighted by Gasteiger charge is -1.99. The summed E-state index contributed by atoms with van der Waals surface area (Å²) in [5.41, 5.74) is 3.01. The van der Waals surface area contributed by atoms with E-state index in [0.717, 1.165) is 27.7 Å². The molecule has 2 heterocycles. The number of H-pyrrole nitrogens is 1. The number of allylic oxidation sites excluding steroid dienone is 1. The summed E-state index contributed by atoms with van der Waals surface area (Å²) < 4.78 is 1.56. The van der Waals surface area contributed by atoms with Gasteiger partial charge in [-0.05, 0) is 37.3 Å². The predicted molar refractivity (Wildman–Crippen MR) is 90.8 cm³/mol. The average Bonchev–Trinajstić information content (AvgIpc) is 3.11. The van der Waals surface area contributed by atoms with Crippen LogP contribution in [-0.2, 0) is 0 Å². The van der Waals surface area contributed by atoms with Gasteiger partial charge < -0.3 is 0 Å². The van der Waals surface area contributed by atoms with Gasteiger partial charge in [0.2, 0.25) is 0 Å². The number of nitrogens with one attached hydrogen (secondary N) is 1. The zero-order valence-corrected chi connectivity index (χ0v) is 12.7. The number of hydrogen-bond acceptors (Lipinski definition) is 2. The Bertz CT molecular complexity index is 1050. The Hall–Kier alpha value is -3.14. The fourth-order valence-electron chi connectivity index (χ4n) is 2.75. The SMILES string of the molecule is Cc1[nH]n(-c2ccccc2)c(=O)c1/C=C1/C=c2ccccc2=N1. The summed E-state index contributed by atoms with van der Waals surface area (Å²) in [7, 11) is 0. The van der Waals surface area contributed by atoms with Gasteiger partial charge in [0.25, 0.3) is 5.56 Å². The van der Waals surface area contributed by atoms with E-state index in [9.17, 15) is 4.79 Å². The van der Waals surface area contributed by atoms with Gasteiger partial charge in [0, 0.05) is 10.9 Å². The van der Waals surface area contributed by atoms with Crippen molar-refractivity contribution in [1.29, 1.82) is 0 Å². The summed E-state index contributed by atoms with van der Waals surface area (Å²) in [6.07, 6.45) is 3.83. The molecule has 23 heavy (non-hydrogen) atoms. The van der Waals surface area contributed by atoms with Crippen LogP contribution in [0.25, 0.3) is 17.8 Å². The first-order valence-corrected chi connectivity index (χ1v) is 7.46. The lowest BCUT2D eigenvalue weighted by Crippen LogP contribution is -2.19. The molecule has 4 nitrogen and oxygen atoms in total. The maximum absolute atomic E-state index is 12.7. The molecule has 0 bridgehead atoms. The largest absolute Gasteiger partial charge is 0.295 e. The zero-order chi connectivity index (χ0) is 15.8. The van der Waals surface area contributed by atoms with Gasteiger partial charge in [0.1, 0.15) is 0 Å². The van der Waals surface area contributed by atoms with Crippen LogP contribution in [0.4, 0.5) is 0 Å². The Morgan fingerprint density at radius 3 is 2.57 bits per heavy atom. The van der Waals surface area contributed by atoms with Gasteiger partial charge in [-0.3, -0.25) is 9.89 Å². The highest BCUT2D eigenvalue weighted by Crippen LogP contribution is 2.12. The summed E-state index contributed by atoms with van der Waals surface area (Å²) in [6.45, 7) is 1.90. The van der Waals surface area contributed by atoms with Crippen molar-refractivity contribution in [2.75, 3.05) is 0 Å². The van der Waals surface area contributed by atoms with Crippen LogP contribution >= 0.6 is 0 Å². The summed E-state index contributed by atoms with van der Waals surface area (Å²) in [4.78, 5) is 17.2. The third kappa shape index (κ3) is 2.34. The first kappa shape index (κ1) is 13.5. The van der Waals surface area contributed by atoms with Crippen molar-refractivity contribution in [1.82, 2.24) is 9.78 Å². The van der Waals surface area contributed by atoms with Crippen LogP contribution in [0.3, 0.4) is 0 Å². The van der Waals surface area contributed by atoms with E-state index in [4.69, 9.17) is 0 Å². The van der Waals surface area contributed by atoms with E-state index in [0.29, 0.717) is 5.56 Å². The molecule has 1 aromatic heterocycles. The lowest BCUT2D eigenvalue weighted by molar-refractivity contribution is 0.835. The Morgan fingerprint density at radius 2 is 1.78 bits per heavy atom. The smallest absolute Gasteiger partial charge is 0.278 e. The molecule has 112 valence electrons. The van der Waals surface area contributed by atoms with Crippen LogP contribution in [0.2, 0.25) is 0 Å². The maximum atomic E-state index is 12.7. The number of fused-ring (bicyclic) bond motifs is 1. The molecule has 2 aromatic carbocycles. The number of benzene rings is 2. The van der Waals surface area contributed by atoms with E-state index < -0.39 is 0 Å². The molecule has 1 aliphatic heterocycles. The molecule has 0 radical (unpaired) electrons. The van der Waals surface area contributed by atoms with Crippen molar-refractivity contribution < 1.29 is 0 Å². The van der Waals surface area contributed by atoms with Crippen LogP contribution in [0.1, 0.15) is 11.3 Å². The molecule has 0 amide bonds. The molecular weight excluding hydrogens is 286 g/mol. The van der Waals surface area contributed by atoms with Crippen LogP contribution in [0, 0.1) is 6.92 Å². The molecule has 0 saturated heterocycles. The van der Waals surface area contributed by atoms with E-state index >= 15 is 0 Å². The number of rotatable bonds is 2. The lowest BCUT2D eigenvalue weighted by atomic mass is 10.2. The molecule has 0 spiro atoms. The summed E-state index contributed by atoms with van der Waals surface area (Å²) in [6, 6.07) is 17.5. The van der Waals surface area contributed by atoms with Crippen molar-refractivity contribution in [2.45, 2.75) is 6.92 Å². The standard InChI is InChI=1S/C19H15N3O/c1-13-17(12-15-11-14-7-5-6-10-18(14)20-15)19(23)22(21-13)16-8-3-2-4-9-16/h2-12,21H,1H3/b15-12-. The molecule has 0 aliphatic carbocycles.